The van der Waals surface area contributed by atoms with Gasteiger partial charge in [0.15, 0.2) is 0 Å². The molecule has 1 atom stereocenters. The average Bonchev–Trinajstić information content (AvgIpc) is 3.19. The predicted octanol–water partition coefficient (Wildman–Crippen LogP) is 2.11. The summed E-state index contributed by atoms with van der Waals surface area (Å²) in [5, 5.41) is 4.91. The Morgan fingerprint density at radius 3 is 2.63 bits per heavy atom. The van der Waals surface area contributed by atoms with Gasteiger partial charge in [-0.25, -0.2) is 22.8 Å². The smallest absolute Gasteiger partial charge is 0.338 e. The number of para-hydroxylation sites is 1. The van der Waals surface area contributed by atoms with Crippen LogP contribution in [0.5, 0.6) is 0 Å². The van der Waals surface area contributed by atoms with E-state index in [0.29, 0.717) is 12.1 Å². The van der Waals surface area contributed by atoms with Crippen LogP contribution in [0.2, 0.25) is 0 Å². The Balaban J connectivity index is 1.55. The molecule has 10 nitrogen and oxygen atoms in total. The van der Waals surface area contributed by atoms with Crippen LogP contribution in [-0.4, -0.2) is 52.2 Å². The minimum atomic E-state index is -3.94. The molecule has 2 heterocycles. The Morgan fingerprint density at radius 2 is 1.86 bits per heavy atom. The number of amides is 2. The summed E-state index contributed by atoms with van der Waals surface area (Å²) in [5.74, 6) is -1.44. The largest absolute Gasteiger partial charge is 0.463 e. The van der Waals surface area contributed by atoms with E-state index in [2.05, 4.69) is 10.6 Å². The van der Waals surface area contributed by atoms with Gasteiger partial charge in [0.25, 0.3) is 10.0 Å². The quantitative estimate of drug-likeness (QED) is 0.558. The lowest BCUT2D eigenvalue weighted by Gasteiger charge is -2.24. The van der Waals surface area contributed by atoms with Crippen LogP contribution in [0, 0.1) is 0 Å². The van der Waals surface area contributed by atoms with Crippen LogP contribution in [0.1, 0.15) is 29.8 Å². The van der Waals surface area contributed by atoms with Crippen LogP contribution >= 0.6 is 0 Å². The van der Waals surface area contributed by atoms with Gasteiger partial charge >= 0.3 is 18.0 Å². The van der Waals surface area contributed by atoms with Gasteiger partial charge in [-0.05, 0) is 50.1 Å². The number of nitrogens with zero attached hydrogens (tertiary/aromatic N) is 1. The van der Waals surface area contributed by atoms with Crippen molar-refractivity contribution in [2.75, 3.05) is 24.1 Å². The zero-order chi connectivity index (χ0) is 25.2. The van der Waals surface area contributed by atoms with Crippen molar-refractivity contribution >= 4 is 33.7 Å². The van der Waals surface area contributed by atoms with Crippen LogP contribution in [0.4, 0.5) is 10.5 Å². The van der Waals surface area contributed by atoms with E-state index in [1.54, 1.807) is 19.1 Å². The van der Waals surface area contributed by atoms with Gasteiger partial charge in [-0.3, -0.25) is 4.31 Å². The van der Waals surface area contributed by atoms with Crippen molar-refractivity contribution in [3.05, 3.63) is 70.9 Å². The molecule has 0 saturated heterocycles. The van der Waals surface area contributed by atoms with Crippen molar-refractivity contribution in [3.63, 3.8) is 0 Å². The molecule has 4 rings (SSSR count). The fourth-order valence-electron chi connectivity index (χ4n) is 4.09. The lowest BCUT2D eigenvalue weighted by atomic mass is 10.1. The highest BCUT2D eigenvalue weighted by Crippen LogP contribution is 2.36. The van der Waals surface area contributed by atoms with E-state index in [1.807, 2.05) is 19.1 Å². The Kier molecular flexibility index (Phi) is 6.79. The molecule has 2 N–H and O–H groups in total. The second-order valence-corrected chi connectivity index (χ2v) is 9.89. The molecule has 0 aliphatic carbocycles. The number of hydrogen-bond acceptors (Lipinski definition) is 7. The minimum Gasteiger partial charge on any atom is -0.463 e. The summed E-state index contributed by atoms with van der Waals surface area (Å²) < 4.78 is 38.6. The molecule has 2 aliphatic rings. The summed E-state index contributed by atoms with van der Waals surface area (Å²) in [6.45, 7) is 3.16. The zero-order valence-corrected chi connectivity index (χ0v) is 20.1. The maximum absolute atomic E-state index is 13.5. The van der Waals surface area contributed by atoms with Gasteiger partial charge in [-0.1, -0.05) is 24.3 Å². The SMILES string of the molecule is CCOC(=O)C1=C(COC(=O)c2cccc(S(=O)(=O)N3c4ccccc4CC3C)c2)NC(=O)NC1. The number of carbonyl (C=O) groups is 3. The molecule has 0 aromatic heterocycles. The summed E-state index contributed by atoms with van der Waals surface area (Å²) in [7, 11) is -3.94. The predicted molar refractivity (Wildman–Crippen MR) is 126 cm³/mol. The van der Waals surface area contributed by atoms with Crippen LogP contribution < -0.4 is 14.9 Å². The summed E-state index contributed by atoms with van der Waals surface area (Å²) in [6, 6.07) is 12.1. The van der Waals surface area contributed by atoms with Gasteiger partial charge in [0, 0.05) is 6.04 Å². The number of esters is 2. The topological polar surface area (TPSA) is 131 Å². The number of fused-ring (bicyclic) bond motifs is 1. The molecular weight excluding hydrogens is 474 g/mol. The van der Waals surface area contributed by atoms with E-state index in [-0.39, 0.29) is 40.9 Å². The number of rotatable bonds is 7. The van der Waals surface area contributed by atoms with E-state index in [4.69, 9.17) is 9.47 Å². The highest BCUT2D eigenvalue weighted by Gasteiger charge is 2.36. The Hall–Kier alpha value is -3.86. The Morgan fingerprint density at radius 1 is 1.09 bits per heavy atom. The van der Waals surface area contributed by atoms with Crippen molar-refractivity contribution in [1.82, 2.24) is 10.6 Å². The molecule has 0 bridgehead atoms. The molecule has 184 valence electrons. The number of ether oxygens (including phenoxy) is 2. The van der Waals surface area contributed by atoms with E-state index in [9.17, 15) is 22.8 Å². The first-order valence-corrected chi connectivity index (χ1v) is 12.5. The third-order valence-electron chi connectivity index (χ3n) is 5.70. The highest BCUT2D eigenvalue weighted by molar-refractivity contribution is 7.92. The van der Waals surface area contributed by atoms with Gasteiger partial charge in [0.05, 0.1) is 40.6 Å². The van der Waals surface area contributed by atoms with Crippen molar-refractivity contribution in [2.24, 2.45) is 0 Å². The molecule has 1 unspecified atom stereocenters. The van der Waals surface area contributed by atoms with Gasteiger partial charge in [0.2, 0.25) is 0 Å². The molecule has 0 spiro atoms. The summed E-state index contributed by atoms with van der Waals surface area (Å²) in [5.41, 5.74) is 1.82. The second kappa shape index (κ2) is 9.79. The van der Waals surface area contributed by atoms with Crippen molar-refractivity contribution in [3.8, 4) is 0 Å². The molecule has 11 heteroatoms. The van der Waals surface area contributed by atoms with Crippen LogP contribution in [0.3, 0.4) is 0 Å². The average molecular weight is 500 g/mol. The van der Waals surface area contributed by atoms with Crippen molar-refractivity contribution in [2.45, 2.75) is 31.2 Å². The number of carbonyl (C=O) groups excluding carboxylic acids is 3. The molecule has 0 fully saturated rings. The van der Waals surface area contributed by atoms with Gasteiger partial charge in [-0.15, -0.1) is 0 Å². The number of urea groups is 1. The molecule has 0 saturated carbocycles. The second-order valence-electron chi connectivity index (χ2n) is 8.07. The number of sulfonamides is 1. The van der Waals surface area contributed by atoms with E-state index in [0.717, 1.165) is 5.56 Å². The number of nitrogens with one attached hydrogen (secondary N) is 2. The molecule has 2 aliphatic heterocycles. The van der Waals surface area contributed by atoms with E-state index < -0.39 is 34.6 Å². The number of hydrogen-bond donors (Lipinski definition) is 2. The normalized spacial score (nSPS) is 17.4. The molecule has 2 aromatic rings. The van der Waals surface area contributed by atoms with E-state index in [1.165, 1.54) is 28.6 Å². The maximum atomic E-state index is 13.5. The Labute approximate surface area is 202 Å². The van der Waals surface area contributed by atoms with Gasteiger partial charge in [-0.2, -0.15) is 0 Å². The molecule has 2 amide bonds. The van der Waals surface area contributed by atoms with E-state index >= 15 is 0 Å². The standard InChI is InChI=1S/C24H25N3O7S/c1-3-33-23(29)19-13-25-24(30)26-20(19)14-34-22(28)17-8-6-9-18(12-17)35(31,32)27-15(2)11-16-7-4-5-10-21(16)27/h4-10,12,15H,3,11,13-14H2,1-2H3,(H2,25,26,30). The van der Waals surface area contributed by atoms with Crippen LogP contribution in [0.25, 0.3) is 0 Å². The first-order valence-electron chi connectivity index (χ1n) is 11.1. The van der Waals surface area contributed by atoms with Gasteiger partial charge in [0.1, 0.15) is 6.61 Å². The Bertz CT molecular complexity index is 1320. The lowest BCUT2D eigenvalue weighted by molar-refractivity contribution is -0.138. The highest BCUT2D eigenvalue weighted by atomic mass is 32.2. The van der Waals surface area contributed by atoms with Crippen molar-refractivity contribution < 1.29 is 32.3 Å². The monoisotopic (exact) mass is 499 g/mol. The molecule has 35 heavy (non-hydrogen) atoms. The summed E-state index contributed by atoms with van der Waals surface area (Å²) >= 11 is 0. The van der Waals surface area contributed by atoms with Crippen LogP contribution in [-0.2, 0) is 30.7 Å². The number of benzene rings is 2. The fraction of sp³-hybridized carbons (Fsp3) is 0.292. The van der Waals surface area contributed by atoms with Crippen LogP contribution in [0.15, 0.2) is 64.7 Å². The molecule has 0 radical (unpaired) electrons. The third-order valence-corrected chi connectivity index (χ3v) is 7.62. The molecular formula is C24H25N3O7S. The minimum absolute atomic E-state index is 0.0183. The summed E-state index contributed by atoms with van der Waals surface area (Å²) in [6.07, 6.45) is 0.593. The van der Waals surface area contributed by atoms with Crippen molar-refractivity contribution in [1.29, 1.82) is 0 Å². The number of anilines is 1. The maximum Gasteiger partial charge on any atom is 0.338 e. The molecule has 2 aromatic carbocycles. The first-order chi connectivity index (χ1) is 16.7. The summed E-state index contributed by atoms with van der Waals surface area (Å²) in [4.78, 5) is 36.5. The van der Waals surface area contributed by atoms with Gasteiger partial charge < -0.3 is 20.1 Å². The zero-order valence-electron chi connectivity index (χ0n) is 19.2. The third kappa shape index (κ3) is 4.85. The fourth-order valence-corrected chi connectivity index (χ4v) is 5.83. The lowest BCUT2D eigenvalue weighted by Crippen LogP contribution is -2.45. The first kappa shape index (κ1) is 24.3.